The second kappa shape index (κ2) is 12.0. The van der Waals surface area contributed by atoms with E-state index in [0.29, 0.717) is 23.6 Å². The van der Waals surface area contributed by atoms with Crippen molar-refractivity contribution in [2.45, 2.75) is 27.4 Å². The second-order valence-corrected chi connectivity index (χ2v) is 12.1. The van der Waals surface area contributed by atoms with Crippen LogP contribution in [0, 0.1) is 27.9 Å². The highest BCUT2D eigenvalue weighted by Crippen LogP contribution is 2.36. The van der Waals surface area contributed by atoms with Gasteiger partial charge in [0, 0.05) is 14.8 Å². The summed E-state index contributed by atoms with van der Waals surface area (Å²) in [7, 11) is 0. The molecule has 0 aromatic heterocycles. The molecule has 1 aliphatic heterocycles. The van der Waals surface area contributed by atoms with Gasteiger partial charge in [0.25, 0.3) is 11.1 Å². The Hall–Kier alpha value is -2.38. The van der Waals surface area contributed by atoms with Crippen LogP contribution in [0.25, 0.3) is 6.08 Å². The quantitative estimate of drug-likeness (QED) is 0.208. The van der Waals surface area contributed by atoms with Gasteiger partial charge < -0.3 is 10.1 Å². The lowest BCUT2D eigenvalue weighted by Gasteiger charge is -2.16. The van der Waals surface area contributed by atoms with Crippen LogP contribution in [0.2, 0.25) is 0 Å². The van der Waals surface area contributed by atoms with E-state index in [-0.39, 0.29) is 11.4 Å². The molecule has 3 amide bonds. The maximum Gasteiger partial charge on any atom is 0.294 e. The van der Waals surface area contributed by atoms with Gasteiger partial charge in [0.2, 0.25) is 5.91 Å². The standard InChI is InChI=1S/C28H24I2N2O4S/c1-16-9-17(2)25(18(3)10-16)31-24(33)14-32-27(34)23(37-28(32)35)12-20-11-21(29)13-22(30)26(20)36-15-19-7-5-4-6-8-19/h4-13H,14-15H2,1-3H3,(H,31,33)/b23-12+. The second-order valence-electron chi connectivity index (χ2n) is 8.67. The molecule has 4 rings (SSSR count). The summed E-state index contributed by atoms with van der Waals surface area (Å²) in [6, 6.07) is 17.7. The maximum atomic E-state index is 13.1. The molecule has 9 heteroatoms. The van der Waals surface area contributed by atoms with Gasteiger partial charge in [-0.05, 0) is 113 Å². The number of carbonyl (C=O) groups is 3. The molecule has 0 radical (unpaired) electrons. The highest BCUT2D eigenvalue weighted by molar-refractivity contribution is 14.1. The highest BCUT2D eigenvalue weighted by Gasteiger charge is 2.36. The Morgan fingerprint density at radius 2 is 1.70 bits per heavy atom. The zero-order chi connectivity index (χ0) is 26.7. The Kier molecular flexibility index (Phi) is 8.96. The number of hydrogen-bond donors (Lipinski definition) is 1. The van der Waals surface area contributed by atoms with Crippen molar-refractivity contribution in [1.29, 1.82) is 0 Å². The van der Waals surface area contributed by atoms with Gasteiger partial charge in [-0.15, -0.1) is 0 Å². The first-order chi connectivity index (χ1) is 17.6. The fourth-order valence-corrected chi connectivity index (χ4v) is 6.92. The molecule has 190 valence electrons. The van der Waals surface area contributed by atoms with Crippen molar-refractivity contribution >= 4 is 85.8 Å². The topological polar surface area (TPSA) is 75.7 Å². The minimum atomic E-state index is -0.495. The number of aryl methyl sites for hydroxylation is 3. The third-order valence-corrected chi connectivity index (χ3v) is 8.00. The first-order valence-electron chi connectivity index (χ1n) is 11.4. The Balaban J connectivity index is 1.53. The molecule has 0 saturated carbocycles. The molecule has 37 heavy (non-hydrogen) atoms. The SMILES string of the molecule is Cc1cc(C)c(NC(=O)CN2C(=O)S/C(=C/c3cc(I)cc(I)c3OCc3ccccc3)C2=O)c(C)c1. The molecular formula is C28H24I2N2O4S. The van der Waals surface area contributed by atoms with Crippen LogP contribution in [0.15, 0.2) is 59.5 Å². The number of anilines is 1. The van der Waals surface area contributed by atoms with Crippen molar-refractivity contribution in [2.24, 2.45) is 0 Å². The van der Waals surface area contributed by atoms with Crippen LogP contribution in [-0.2, 0) is 16.2 Å². The molecule has 6 nitrogen and oxygen atoms in total. The van der Waals surface area contributed by atoms with Crippen molar-refractivity contribution in [3.05, 3.63) is 94.5 Å². The largest absolute Gasteiger partial charge is 0.487 e. The third kappa shape index (κ3) is 6.74. The van der Waals surface area contributed by atoms with Gasteiger partial charge in [-0.25, -0.2) is 0 Å². The van der Waals surface area contributed by atoms with E-state index < -0.39 is 17.1 Å². The molecule has 0 bridgehead atoms. The number of ether oxygens (including phenoxy) is 1. The van der Waals surface area contributed by atoms with Gasteiger partial charge >= 0.3 is 0 Å². The lowest BCUT2D eigenvalue weighted by atomic mass is 10.1. The number of halogens is 2. The summed E-state index contributed by atoms with van der Waals surface area (Å²) in [5, 5.41) is 2.38. The minimum Gasteiger partial charge on any atom is -0.487 e. The smallest absolute Gasteiger partial charge is 0.294 e. The van der Waals surface area contributed by atoms with Gasteiger partial charge in [-0.3, -0.25) is 19.3 Å². The first-order valence-corrected chi connectivity index (χ1v) is 14.4. The fraction of sp³-hybridized carbons (Fsp3) is 0.179. The monoisotopic (exact) mass is 738 g/mol. The predicted octanol–water partition coefficient (Wildman–Crippen LogP) is 7.08. The van der Waals surface area contributed by atoms with E-state index in [1.807, 2.05) is 75.4 Å². The Morgan fingerprint density at radius 1 is 1.03 bits per heavy atom. The van der Waals surface area contributed by atoms with Crippen LogP contribution in [-0.4, -0.2) is 28.5 Å². The van der Waals surface area contributed by atoms with Gasteiger partial charge in [-0.1, -0.05) is 48.0 Å². The van der Waals surface area contributed by atoms with Crippen LogP contribution in [0.3, 0.4) is 0 Å². The van der Waals surface area contributed by atoms with E-state index in [4.69, 9.17) is 4.74 Å². The summed E-state index contributed by atoms with van der Waals surface area (Å²) in [6.45, 7) is 5.84. The molecule has 1 aliphatic rings. The molecule has 3 aromatic carbocycles. The summed E-state index contributed by atoms with van der Waals surface area (Å²) in [6.07, 6.45) is 1.67. The molecule has 0 unspecified atom stereocenters. The summed E-state index contributed by atoms with van der Waals surface area (Å²) in [5.41, 5.74) is 5.38. The third-order valence-electron chi connectivity index (χ3n) is 5.67. The van der Waals surface area contributed by atoms with Crippen molar-refractivity contribution in [3.63, 3.8) is 0 Å². The van der Waals surface area contributed by atoms with Crippen LogP contribution >= 0.6 is 56.9 Å². The number of thioether (sulfide) groups is 1. The van der Waals surface area contributed by atoms with Gasteiger partial charge in [-0.2, -0.15) is 0 Å². The van der Waals surface area contributed by atoms with Gasteiger partial charge in [0.05, 0.1) is 8.48 Å². The number of nitrogens with one attached hydrogen (secondary N) is 1. The number of rotatable bonds is 7. The zero-order valence-corrected chi connectivity index (χ0v) is 25.6. The molecule has 0 spiro atoms. The lowest BCUT2D eigenvalue weighted by molar-refractivity contribution is -0.127. The van der Waals surface area contributed by atoms with Crippen LogP contribution in [0.4, 0.5) is 10.5 Å². The van der Waals surface area contributed by atoms with E-state index in [2.05, 4.69) is 50.5 Å². The van der Waals surface area contributed by atoms with E-state index >= 15 is 0 Å². The molecule has 3 aromatic rings. The van der Waals surface area contributed by atoms with Crippen LogP contribution in [0.5, 0.6) is 5.75 Å². The van der Waals surface area contributed by atoms with E-state index in [0.717, 1.165) is 46.1 Å². The molecule has 1 N–H and O–H groups in total. The molecule has 0 aliphatic carbocycles. The summed E-state index contributed by atoms with van der Waals surface area (Å²) in [4.78, 5) is 39.8. The van der Waals surface area contributed by atoms with Crippen molar-refractivity contribution < 1.29 is 19.1 Å². The van der Waals surface area contributed by atoms with E-state index in [9.17, 15) is 14.4 Å². The van der Waals surface area contributed by atoms with Crippen LogP contribution in [0.1, 0.15) is 27.8 Å². The van der Waals surface area contributed by atoms with E-state index in [1.165, 1.54) is 0 Å². The summed E-state index contributed by atoms with van der Waals surface area (Å²) < 4.78 is 8.00. The first kappa shape index (κ1) is 27.6. The van der Waals surface area contributed by atoms with Gasteiger partial charge in [0.1, 0.15) is 18.9 Å². The average Bonchev–Trinajstić information content (AvgIpc) is 3.08. The van der Waals surface area contributed by atoms with E-state index in [1.54, 1.807) is 6.08 Å². The Bertz CT molecular complexity index is 1400. The Morgan fingerprint density at radius 3 is 2.38 bits per heavy atom. The zero-order valence-electron chi connectivity index (χ0n) is 20.4. The van der Waals surface area contributed by atoms with Crippen molar-refractivity contribution in [1.82, 2.24) is 4.90 Å². The summed E-state index contributed by atoms with van der Waals surface area (Å²) >= 11 is 5.24. The highest BCUT2D eigenvalue weighted by atomic mass is 127. The number of hydrogen-bond acceptors (Lipinski definition) is 5. The van der Waals surface area contributed by atoms with Crippen LogP contribution < -0.4 is 10.1 Å². The predicted molar refractivity (Wildman–Crippen MR) is 165 cm³/mol. The number of carbonyl (C=O) groups excluding carboxylic acids is 3. The lowest BCUT2D eigenvalue weighted by Crippen LogP contribution is -2.36. The molecule has 1 saturated heterocycles. The summed E-state index contributed by atoms with van der Waals surface area (Å²) in [5.74, 6) is -0.278. The minimum absolute atomic E-state index is 0.253. The van der Waals surface area contributed by atoms with Gasteiger partial charge in [0.15, 0.2) is 0 Å². The van der Waals surface area contributed by atoms with Crippen molar-refractivity contribution in [2.75, 3.05) is 11.9 Å². The number of benzene rings is 3. The molecule has 1 heterocycles. The fourth-order valence-electron chi connectivity index (χ4n) is 4.05. The van der Waals surface area contributed by atoms with Crippen molar-refractivity contribution in [3.8, 4) is 5.75 Å². The normalized spacial score (nSPS) is 14.4. The maximum absolute atomic E-state index is 13.1. The molecule has 1 fully saturated rings. The average molecular weight is 738 g/mol. The molecular weight excluding hydrogens is 714 g/mol. The number of nitrogens with zero attached hydrogens (tertiary/aromatic N) is 1. The number of amides is 3. The molecule has 0 atom stereocenters. The Labute approximate surface area is 247 Å². The number of imide groups is 1.